The first kappa shape index (κ1) is 24.0. The van der Waals surface area contributed by atoms with E-state index in [0.717, 1.165) is 16.9 Å². The minimum atomic E-state index is -0.228. The van der Waals surface area contributed by atoms with Crippen LogP contribution >= 0.6 is 11.6 Å². The standard InChI is InChI=1S/C28H31ClN4O/c1-20(2)26(32(17-9-16-30)28(34)22-12-8-13-23(29)18-22)27-31-24-14-6-7-15-25(24)33(27)19-21-10-4-3-5-11-21/h3-8,10-15,18,20,26H,9,16-17,19,30H2,1-2H3. The van der Waals surface area contributed by atoms with E-state index >= 15 is 0 Å². The van der Waals surface area contributed by atoms with E-state index in [0.29, 0.717) is 36.6 Å². The van der Waals surface area contributed by atoms with Crippen molar-refractivity contribution in [1.82, 2.24) is 14.5 Å². The van der Waals surface area contributed by atoms with E-state index in [2.05, 4.69) is 36.6 Å². The quantitative estimate of drug-likeness (QED) is 0.327. The Morgan fingerprint density at radius 1 is 1.03 bits per heavy atom. The Morgan fingerprint density at radius 3 is 2.47 bits per heavy atom. The first-order chi connectivity index (χ1) is 16.5. The van der Waals surface area contributed by atoms with Gasteiger partial charge < -0.3 is 15.2 Å². The van der Waals surface area contributed by atoms with E-state index in [4.69, 9.17) is 22.3 Å². The van der Waals surface area contributed by atoms with Gasteiger partial charge in [-0.1, -0.05) is 74.0 Å². The highest BCUT2D eigenvalue weighted by molar-refractivity contribution is 6.30. The van der Waals surface area contributed by atoms with Crippen molar-refractivity contribution < 1.29 is 4.79 Å². The van der Waals surface area contributed by atoms with Gasteiger partial charge in [-0.25, -0.2) is 4.98 Å². The molecule has 0 radical (unpaired) electrons. The average Bonchev–Trinajstić information content (AvgIpc) is 3.19. The number of aromatic nitrogens is 2. The summed E-state index contributed by atoms with van der Waals surface area (Å²) in [6, 6.07) is 25.4. The van der Waals surface area contributed by atoms with Gasteiger partial charge in [0.25, 0.3) is 5.91 Å². The fraction of sp³-hybridized carbons (Fsp3) is 0.286. The van der Waals surface area contributed by atoms with Crippen molar-refractivity contribution in [2.24, 2.45) is 11.7 Å². The zero-order valence-electron chi connectivity index (χ0n) is 19.7. The van der Waals surface area contributed by atoms with Crippen LogP contribution in [0.15, 0.2) is 78.9 Å². The van der Waals surface area contributed by atoms with Crippen LogP contribution in [0.1, 0.15) is 48.1 Å². The Balaban J connectivity index is 1.84. The maximum Gasteiger partial charge on any atom is 0.254 e. The van der Waals surface area contributed by atoms with Crippen LogP contribution in [-0.4, -0.2) is 33.4 Å². The summed E-state index contributed by atoms with van der Waals surface area (Å²) in [5, 5.41) is 0.544. The van der Waals surface area contributed by atoms with Gasteiger partial charge in [-0.3, -0.25) is 4.79 Å². The number of hydrogen-bond donors (Lipinski definition) is 1. The van der Waals surface area contributed by atoms with Crippen molar-refractivity contribution in [2.75, 3.05) is 13.1 Å². The molecular weight excluding hydrogens is 444 g/mol. The summed E-state index contributed by atoms with van der Waals surface area (Å²) >= 11 is 6.22. The van der Waals surface area contributed by atoms with Gasteiger partial charge in [0.05, 0.1) is 17.1 Å². The Kier molecular flexibility index (Phi) is 7.66. The highest BCUT2D eigenvalue weighted by atomic mass is 35.5. The Hall–Kier alpha value is -3.15. The van der Waals surface area contributed by atoms with Crippen LogP contribution in [0.25, 0.3) is 11.0 Å². The number of carbonyl (C=O) groups is 1. The second-order valence-corrected chi connectivity index (χ2v) is 9.31. The molecule has 5 nitrogen and oxygen atoms in total. The fourth-order valence-electron chi connectivity index (χ4n) is 4.47. The molecule has 1 heterocycles. The Bertz CT molecular complexity index is 1250. The maximum absolute atomic E-state index is 13.8. The molecule has 1 aromatic heterocycles. The van der Waals surface area contributed by atoms with Gasteiger partial charge in [0.1, 0.15) is 5.82 Å². The molecule has 1 amide bonds. The molecule has 34 heavy (non-hydrogen) atoms. The van der Waals surface area contributed by atoms with Crippen molar-refractivity contribution in [2.45, 2.75) is 32.9 Å². The number of carbonyl (C=O) groups excluding carboxylic acids is 1. The van der Waals surface area contributed by atoms with Crippen molar-refractivity contribution in [3.63, 3.8) is 0 Å². The fourth-order valence-corrected chi connectivity index (χ4v) is 4.66. The molecule has 2 N–H and O–H groups in total. The summed E-state index contributed by atoms with van der Waals surface area (Å²) in [7, 11) is 0. The van der Waals surface area contributed by atoms with Crippen LogP contribution in [0.2, 0.25) is 5.02 Å². The van der Waals surface area contributed by atoms with Crippen LogP contribution in [0.3, 0.4) is 0 Å². The van der Waals surface area contributed by atoms with Crippen molar-refractivity contribution in [3.05, 3.63) is 101 Å². The van der Waals surface area contributed by atoms with Crippen molar-refractivity contribution in [3.8, 4) is 0 Å². The lowest BCUT2D eigenvalue weighted by Gasteiger charge is -2.34. The highest BCUT2D eigenvalue weighted by Gasteiger charge is 2.32. The van der Waals surface area contributed by atoms with Crippen LogP contribution in [-0.2, 0) is 6.54 Å². The molecule has 0 spiro atoms. The van der Waals surface area contributed by atoms with E-state index in [1.807, 2.05) is 53.4 Å². The molecule has 3 aromatic carbocycles. The lowest BCUT2D eigenvalue weighted by Crippen LogP contribution is -2.40. The molecule has 1 atom stereocenters. The topological polar surface area (TPSA) is 64.2 Å². The minimum Gasteiger partial charge on any atom is -0.330 e. The third-order valence-electron chi connectivity index (χ3n) is 6.03. The minimum absolute atomic E-state index is 0.0621. The molecule has 0 aliphatic carbocycles. The average molecular weight is 475 g/mol. The molecule has 0 saturated heterocycles. The van der Waals surface area contributed by atoms with E-state index in [9.17, 15) is 4.79 Å². The number of nitrogens with zero attached hydrogens (tertiary/aromatic N) is 3. The second-order valence-electron chi connectivity index (χ2n) is 8.87. The number of hydrogen-bond acceptors (Lipinski definition) is 3. The van der Waals surface area contributed by atoms with E-state index in [1.165, 1.54) is 5.56 Å². The summed E-state index contributed by atoms with van der Waals surface area (Å²) in [4.78, 5) is 20.8. The van der Waals surface area contributed by atoms with Gasteiger partial charge in [0.15, 0.2) is 0 Å². The number of nitrogens with two attached hydrogens (primary N) is 1. The molecule has 4 aromatic rings. The number of amides is 1. The number of para-hydroxylation sites is 2. The predicted molar refractivity (Wildman–Crippen MR) is 139 cm³/mol. The summed E-state index contributed by atoms with van der Waals surface area (Å²) in [6.45, 7) is 5.99. The summed E-state index contributed by atoms with van der Waals surface area (Å²) < 4.78 is 2.25. The second kappa shape index (κ2) is 10.9. The normalized spacial score (nSPS) is 12.3. The van der Waals surface area contributed by atoms with Gasteiger partial charge in [0.2, 0.25) is 0 Å². The van der Waals surface area contributed by atoms with Crippen molar-refractivity contribution >= 4 is 28.5 Å². The third-order valence-corrected chi connectivity index (χ3v) is 6.27. The first-order valence-corrected chi connectivity index (χ1v) is 12.1. The third kappa shape index (κ3) is 5.16. The Labute approximate surface area is 206 Å². The van der Waals surface area contributed by atoms with Gasteiger partial charge in [-0.2, -0.15) is 0 Å². The van der Waals surface area contributed by atoms with Crippen molar-refractivity contribution in [1.29, 1.82) is 0 Å². The zero-order chi connectivity index (χ0) is 24.1. The van der Waals surface area contributed by atoms with E-state index < -0.39 is 0 Å². The number of halogens is 1. The predicted octanol–water partition coefficient (Wildman–Crippen LogP) is 5.93. The largest absolute Gasteiger partial charge is 0.330 e. The molecule has 1 unspecified atom stereocenters. The Morgan fingerprint density at radius 2 is 1.76 bits per heavy atom. The molecule has 6 heteroatoms. The summed E-state index contributed by atoms with van der Waals surface area (Å²) in [6.07, 6.45) is 0.703. The number of fused-ring (bicyclic) bond motifs is 1. The van der Waals surface area contributed by atoms with Crippen LogP contribution in [0.4, 0.5) is 0 Å². The number of rotatable bonds is 9. The number of imidazole rings is 1. The van der Waals surface area contributed by atoms with Gasteiger partial charge >= 0.3 is 0 Å². The van der Waals surface area contributed by atoms with Crippen LogP contribution in [0, 0.1) is 5.92 Å². The molecular formula is C28H31ClN4O. The number of benzene rings is 3. The SMILES string of the molecule is CC(C)C(c1nc2ccccc2n1Cc1ccccc1)N(CCCN)C(=O)c1cccc(Cl)c1. The lowest BCUT2D eigenvalue weighted by molar-refractivity contribution is 0.0605. The van der Waals surface area contributed by atoms with Gasteiger partial charge in [-0.05, 0) is 54.8 Å². The lowest BCUT2D eigenvalue weighted by atomic mass is 9.99. The molecule has 0 aliphatic heterocycles. The zero-order valence-corrected chi connectivity index (χ0v) is 20.4. The smallest absolute Gasteiger partial charge is 0.254 e. The molecule has 0 bridgehead atoms. The van der Waals surface area contributed by atoms with Gasteiger partial charge in [0, 0.05) is 23.7 Å². The molecule has 0 fully saturated rings. The highest BCUT2D eigenvalue weighted by Crippen LogP contribution is 2.33. The maximum atomic E-state index is 13.8. The molecule has 0 saturated carbocycles. The van der Waals surface area contributed by atoms with E-state index in [1.54, 1.807) is 12.1 Å². The van der Waals surface area contributed by atoms with E-state index in [-0.39, 0.29) is 17.9 Å². The summed E-state index contributed by atoms with van der Waals surface area (Å²) in [5.74, 6) is 0.952. The first-order valence-electron chi connectivity index (χ1n) is 11.7. The molecule has 4 rings (SSSR count). The van der Waals surface area contributed by atoms with Gasteiger partial charge in [-0.15, -0.1) is 0 Å². The molecule has 0 aliphatic rings. The van der Waals surface area contributed by atoms with Crippen LogP contribution < -0.4 is 5.73 Å². The molecule has 176 valence electrons. The van der Waals surface area contributed by atoms with Crippen LogP contribution in [0.5, 0.6) is 0 Å². The summed E-state index contributed by atoms with van der Waals surface area (Å²) in [5.41, 5.74) is 9.60. The monoisotopic (exact) mass is 474 g/mol.